The molecule has 0 unspecified atom stereocenters. The number of fused-ring (bicyclic) bond motifs is 7. The summed E-state index contributed by atoms with van der Waals surface area (Å²) < 4.78 is 2.68. The van der Waals surface area contributed by atoms with E-state index in [4.69, 9.17) is 0 Å². The summed E-state index contributed by atoms with van der Waals surface area (Å²) in [7, 11) is 0. The van der Waals surface area contributed by atoms with Gasteiger partial charge in [-0.2, -0.15) is 0 Å². The van der Waals surface area contributed by atoms with Crippen molar-refractivity contribution in [1.82, 2.24) is 0 Å². The molecule has 186 valence electrons. The van der Waals surface area contributed by atoms with E-state index in [1.807, 2.05) is 11.3 Å². The molecule has 0 amide bonds. The fourth-order valence-corrected chi connectivity index (χ4v) is 7.66. The van der Waals surface area contributed by atoms with E-state index in [9.17, 15) is 0 Å². The first-order chi connectivity index (χ1) is 19.1. The van der Waals surface area contributed by atoms with E-state index in [1.165, 1.54) is 64.6 Å². The SMILES string of the molecule is CC1(C)c2ccccc2-c2c(N(c3ccccc3)c3ccc4cc5c(cc4c3)sc3ccccc35)cccc21. The van der Waals surface area contributed by atoms with Gasteiger partial charge in [-0.25, -0.2) is 0 Å². The smallest absolute Gasteiger partial charge is 0.0543 e. The van der Waals surface area contributed by atoms with Crippen LogP contribution < -0.4 is 4.90 Å². The van der Waals surface area contributed by atoms with Crippen molar-refractivity contribution >= 4 is 59.3 Å². The second-order valence-corrected chi connectivity index (χ2v) is 12.1. The first kappa shape index (κ1) is 22.6. The van der Waals surface area contributed by atoms with Crippen molar-refractivity contribution in [2.75, 3.05) is 4.90 Å². The lowest BCUT2D eigenvalue weighted by molar-refractivity contribution is 0.660. The summed E-state index contributed by atoms with van der Waals surface area (Å²) in [6, 6.07) is 46.9. The molecule has 1 aromatic heterocycles. The topological polar surface area (TPSA) is 3.24 Å². The molecule has 1 nitrogen and oxygen atoms in total. The molecule has 1 aliphatic rings. The van der Waals surface area contributed by atoms with Gasteiger partial charge in [-0.05, 0) is 76.0 Å². The molecule has 7 aromatic rings. The zero-order valence-electron chi connectivity index (χ0n) is 22.0. The summed E-state index contributed by atoms with van der Waals surface area (Å²) in [4.78, 5) is 2.44. The number of benzene rings is 6. The summed E-state index contributed by atoms with van der Waals surface area (Å²) in [6.07, 6.45) is 0. The third kappa shape index (κ3) is 3.32. The highest BCUT2D eigenvalue weighted by molar-refractivity contribution is 7.25. The minimum Gasteiger partial charge on any atom is -0.310 e. The molecule has 39 heavy (non-hydrogen) atoms. The summed E-state index contributed by atoms with van der Waals surface area (Å²) in [5, 5.41) is 5.22. The Balaban J connectivity index is 1.38. The van der Waals surface area contributed by atoms with Crippen LogP contribution in [0.2, 0.25) is 0 Å². The molecule has 0 N–H and O–H groups in total. The highest BCUT2D eigenvalue weighted by Crippen LogP contribution is 2.54. The Hall–Kier alpha value is -4.40. The van der Waals surface area contributed by atoms with Gasteiger partial charge in [0.05, 0.1) is 5.69 Å². The van der Waals surface area contributed by atoms with Gasteiger partial charge in [0.2, 0.25) is 0 Å². The molecular formula is C37H27NS. The maximum atomic E-state index is 2.44. The van der Waals surface area contributed by atoms with Crippen LogP contribution >= 0.6 is 11.3 Å². The zero-order valence-corrected chi connectivity index (χ0v) is 22.8. The van der Waals surface area contributed by atoms with E-state index < -0.39 is 0 Å². The highest BCUT2D eigenvalue weighted by atomic mass is 32.1. The number of para-hydroxylation sites is 1. The monoisotopic (exact) mass is 517 g/mol. The van der Waals surface area contributed by atoms with Gasteiger partial charge in [0.15, 0.2) is 0 Å². The molecular weight excluding hydrogens is 490 g/mol. The molecule has 1 heterocycles. The van der Waals surface area contributed by atoms with Gasteiger partial charge in [-0.1, -0.05) is 92.7 Å². The van der Waals surface area contributed by atoms with Crippen LogP contribution in [0.1, 0.15) is 25.0 Å². The minimum absolute atomic E-state index is 0.0412. The van der Waals surface area contributed by atoms with Gasteiger partial charge in [0, 0.05) is 42.5 Å². The van der Waals surface area contributed by atoms with Crippen molar-refractivity contribution in [1.29, 1.82) is 0 Å². The van der Waals surface area contributed by atoms with Crippen LogP contribution in [0.15, 0.2) is 127 Å². The quantitative estimate of drug-likeness (QED) is 0.225. The van der Waals surface area contributed by atoms with Crippen LogP contribution in [0.25, 0.3) is 42.1 Å². The number of anilines is 3. The molecule has 6 aromatic carbocycles. The van der Waals surface area contributed by atoms with Crippen LogP contribution in [0.5, 0.6) is 0 Å². The van der Waals surface area contributed by atoms with Gasteiger partial charge >= 0.3 is 0 Å². The number of rotatable bonds is 3. The fourth-order valence-electron chi connectivity index (χ4n) is 6.52. The van der Waals surface area contributed by atoms with Gasteiger partial charge in [-0.3, -0.25) is 0 Å². The summed E-state index contributed by atoms with van der Waals surface area (Å²) in [5.41, 5.74) is 8.96. The van der Waals surface area contributed by atoms with Crippen LogP contribution in [-0.2, 0) is 5.41 Å². The Morgan fingerprint density at radius 3 is 2.21 bits per heavy atom. The van der Waals surface area contributed by atoms with E-state index in [2.05, 4.69) is 146 Å². The number of hydrogen-bond acceptors (Lipinski definition) is 2. The summed E-state index contributed by atoms with van der Waals surface area (Å²) >= 11 is 1.88. The predicted molar refractivity (Wildman–Crippen MR) is 169 cm³/mol. The molecule has 2 heteroatoms. The molecule has 0 fully saturated rings. The lowest BCUT2D eigenvalue weighted by atomic mass is 9.82. The average molecular weight is 518 g/mol. The van der Waals surface area contributed by atoms with Crippen molar-refractivity contribution in [3.8, 4) is 11.1 Å². The molecule has 0 atom stereocenters. The number of thiophene rings is 1. The molecule has 0 saturated heterocycles. The van der Waals surface area contributed by atoms with Crippen molar-refractivity contribution in [2.24, 2.45) is 0 Å². The largest absolute Gasteiger partial charge is 0.310 e. The van der Waals surface area contributed by atoms with Crippen LogP contribution in [0.4, 0.5) is 17.1 Å². The van der Waals surface area contributed by atoms with E-state index in [0.29, 0.717) is 0 Å². The van der Waals surface area contributed by atoms with Gasteiger partial charge in [0.1, 0.15) is 0 Å². The van der Waals surface area contributed by atoms with Gasteiger partial charge < -0.3 is 4.90 Å². The van der Waals surface area contributed by atoms with E-state index in [0.717, 1.165) is 5.69 Å². The lowest BCUT2D eigenvalue weighted by Gasteiger charge is -2.29. The Morgan fingerprint density at radius 2 is 1.31 bits per heavy atom. The maximum Gasteiger partial charge on any atom is 0.0543 e. The molecule has 0 radical (unpaired) electrons. The normalized spacial score (nSPS) is 13.6. The highest BCUT2D eigenvalue weighted by Gasteiger charge is 2.37. The first-order valence-electron chi connectivity index (χ1n) is 13.5. The summed E-state index contributed by atoms with van der Waals surface area (Å²) in [5.74, 6) is 0. The van der Waals surface area contributed by atoms with Crippen LogP contribution in [-0.4, -0.2) is 0 Å². The van der Waals surface area contributed by atoms with Crippen molar-refractivity contribution < 1.29 is 0 Å². The van der Waals surface area contributed by atoms with E-state index in [-0.39, 0.29) is 5.41 Å². The third-order valence-electron chi connectivity index (χ3n) is 8.42. The second-order valence-electron chi connectivity index (χ2n) is 11.0. The maximum absolute atomic E-state index is 2.44. The van der Waals surface area contributed by atoms with Crippen molar-refractivity contribution in [3.63, 3.8) is 0 Å². The Kier molecular flexibility index (Phi) is 4.80. The van der Waals surface area contributed by atoms with Crippen LogP contribution in [0, 0.1) is 0 Å². The van der Waals surface area contributed by atoms with E-state index >= 15 is 0 Å². The number of nitrogens with zero attached hydrogens (tertiary/aromatic N) is 1. The molecule has 0 spiro atoms. The Labute approximate surface area is 232 Å². The molecule has 0 aliphatic heterocycles. The molecule has 1 aliphatic carbocycles. The van der Waals surface area contributed by atoms with Gasteiger partial charge in [-0.15, -0.1) is 11.3 Å². The second kappa shape index (κ2) is 8.30. The molecule has 0 bridgehead atoms. The zero-order chi connectivity index (χ0) is 26.1. The van der Waals surface area contributed by atoms with Crippen molar-refractivity contribution in [3.05, 3.63) is 139 Å². The Bertz CT molecular complexity index is 2050. The predicted octanol–water partition coefficient (Wildman–Crippen LogP) is 11.0. The molecule has 0 saturated carbocycles. The standard InChI is InChI=1S/C37H27NS/c1-37(2)31-15-8-6-14-29(31)36-32(37)16-10-17-33(36)38(26-11-4-3-5-12-26)27-20-19-24-22-30-28-13-7-9-18-34(28)39-35(30)23-25(24)21-27/h3-23H,1-2H3. The third-order valence-corrected chi connectivity index (χ3v) is 9.55. The first-order valence-corrected chi connectivity index (χ1v) is 14.3. The summed E-state index contributed by atoms with van der Waals surface area (Å²) in [6.45, 7) is 4.70. The molecule has 8 rings (SSSR count). The lowest BCUT2D eigenvalue weighted by Crippen LogP contribution is -2.16. The van der Waals surface area contributed by atoms with Crippen molar-refractivity contribution in [2.45, 2.75) is 19.3 Å². The van der Waals surface area contributed by atoms with E-state index in [1.54, 1.807) is 0 Å². The average Bonchev–Trinajstić information content (AvgIpc) is 3.45. The Morgan fingerprint density at radius 1 is 0.538 bits per heavy atom. The van der Waals surface area contributed by atoms with Gasteiger partial charge in [0.25, 0.3) is 0 Å². The fraction of sp³-hybridized carbons (Fsp3) is 0.0811. The number of hydrogen-bond donors (Lipinski definition) is 0. The minimum atomic E-state index is -0.0412. The van der Waals surface area contributed by atoms with Crippen LogP contribution in [0.3, 0.4) is 0 Å².